The van der Waals surface area contributed by atoms with Gasteiger partial charge in [0.05, 0.1) is 0 Å². The van der Waals surface area contributed by atoms with Crippen LogP contribution in [0, 0.1) is 11.8 Å². The van der Waals surface area contributed by atoms with E-state index in [9.17, 15) is 9.59 Å². The number of hydrogen-bond acceptors (Lipinski definition) is 4. The summed E-state index contributed by atoms with van der Waals surface area (Å²) in [5.74, 6) is 1.44. The molecule has 6 rings (SSSR count). The Bertz CT molecular complexity index is 1380. The van der Waals surface area contributed by atoms with Gasteiger partial charge in [0.2, 0.25) is 5.91 Å². The van der Waals surface area contributed by atoms with Crippen LogP contribution in [0.25, 0.3) is 33.3 Å². The highest BCUT2D eigenvalue weighted by Gasteiger charge is 2.36. The quantitative estimate of drug-likeness (QED) is 0.514. The number of carbonyl (C=O) groups is 1. The summed E-state index contributed by atoms with van der Waals surface area (Å²) in [6, 6.07) is 16.4. The van der Waals surface area contributed by atoms with E-state index in [0.717, 1.165) is 59.8 Å². The minimum atomic E-state index is -0.207. The van der Waals surface area contributed by atoms with Gasteiger partial charge < -0.3 is 4.90 Å². The molecule has 2 fully saturated rings. The van der Waals surface area contributed by atoms with E-state index in [-0.39, 0.29) is 23.4 Å². The molecule has 2 aromatic heterocycles. The van der Waals surface area contributed by atoms with Crippen molar-refractivity contribution in [3.8, 4) is 22.5 Å². The molecule has 1 aliphatic carbocycles. The fourth-order valence-corrected chi connectivity index (χ4v) is 4.90. The number of hydrogen-bond donors (Lipinski definition) is 1. The zero-order chi connectivity index (χ0) is 22.4. The number of fused-ring (bicyclic) bond motifs is 1. The van der Waals surface area contributed by atoms with Gasteiger partial charge in [-0.2, -0.15) is 5.10 Å². The second kappa shape index (κ2) is 7.99. The van der Waals surface area contributed by atoms with E-state index in [1.54, 1.807) is 10.8 Å². The Hall–Kier alpha value is -3.74. The van der Waals surface area contributed by atoms with E-state index < -0.39 is 0 Å². The summed E-state index contributed by atoms with van der Waals surface area (Å²) in [5.41, 5.74) is 2.89. The van der Waals surface area contributed by atoms with Gasteiger partial charge in [-0.1, -0.05) is 42.5 Å². The lowest BCUT2D eigenvalue weighted by Crippen LogP contribution is -2.31. The summed E-state index contributed by atoms with van der Waals surface area (Å²) in [6.07, 6.45) is 6.66. The molecule has 7 heteroatoms. The Labute approximate surface area is 191 Å². The van der Waals surface area contributed by atoms with Gasteiger partial charge in [-0.3, -0.25) is 14.3 Å². The standard InChI is InChI=1S/C26H25N5O2/c32-25(21-8-9-21)30-13-11-17(15-30)16-31-24(28-29-26(31)33)20-6-4-19(5-7-20)22-3-1-2-18-10-12-27-14-23(18)22/h1-7,10,12,14,17,21H,8-9,11,13,15-16H2,(H,29,33)/t17-/m1/s1. The lowest BCUT2D eigenvalue weighted by Gasteiger charge is -2.16. The van der Waals surface area contributed by atoms with Crippen LogP contribution in [0.5, 0.6) is 0 Å². The number of nitrogens with one attached hydrogen (secondary N) is 1. The van der Waals surface area contributed by atoms with Gasteiger partial charge in [-0.25, -0.2) is 9.89 Å². The van der Waals surface area contributed by atoms with E-state index in [4.69, 9.17) is 0 Å². The highest BCUT2D eigenvalue weighted by Crippen LogP contribution is 2.33. The Morgan fingerprint density at radius 2 is 1.85 bits per heavy atom. The van der Waals surface area contributed by atoms with Crippen molar-refractivity contribution in [2.24, 2.45) is 11.8 Å². The van der Waals surface area contributed by atoms with Gasteiger partial charge in [-0.05, 0) is 47.8 Å². The highest BCUT2D eigenvalue weighted by molar-refractivity contribution is 5.96. The van der Waals surface area contributed by atoms with Crippen molar-refractivity contribution in [1.29, 1.82) is 0 Å². The molecule has 1 N–H and O–H groups in total. The van der Waals surface area contributed by atoms with Crippen LogP contribution >= 0.6 is 0 Å². The molecule has 1 aliphatic heterocycles. The number of benzene rings is 2. The topological polar surface area (TPSA) is 83.9 Å². The summed E-state index contributed by atoms with van der Waals surface area (Å²) in [4.78, 5) is 31.2. The molecular weight excluding hydrogens is 414 g/mol. The van der Waals surface area contributed by atoms with Gasteiger partial charge in [0.1, 0.15) is 0 Å². The van der Waals surface area contributed by atoms with E-state index >= 15 is 0 Å². The molecule has 2 aromatic carbocycles. The van der Waals surface area contributed by atoms with Crippen molar-refractivity contribution in [1.82, 2.24) is 24.6 Å². The number of likely N-dealkylation sites (tertiary alicyclic amines) is 1. The molecule has 1 saturated carbocycles. The monoisotopic (exact) mass is 439 g/mol. The first kappa shape index (κ1) is 19.9. The van der Waals surface area contributed by atoms with E-state index in [2.05, 4.69) is 45.5 Å². The number of carbonyl (C=O) groups excluding carboxylic acids is 1. The molecule has 4 aromatic rings. The van der Waals surface area contributed by atoms with Crippen molar-refractivity contribution in [2.45, 2.75) is 25.8 Å². The van der Waals surface area contributed by atoms with Crippen molar-refractivity contribution < 1.29 is 4.79 Å². The number of nitrogens with zero attached hydrogens (tertiary/aromatic N) is 4. The van der Waals surface area contributed by atoms with Crippen molar-refractivity contribution in [3.63, 3.8) is 0 Å². The van der Waals surface area contributed by atoms with E-state index in [1.165, 1.54) is 0 Å². The number of pyridine rings is 1. The summed E-state index contributed by atoms with van der Waals surface area (Å²) in [7, 11) is 0. The molecule has 7 nitrogen and oxygen atoms in total. The molecule has 0 unspecified atom stereocenters. The highest BCUT2D eigenvalue weighted by atomic mass is 16.2. The molecule has 3 heterocycles. The first-order chi connectivity index (χ1) is 16.2. The summed E-state index contributed by atoms with van der Waals surface area (Å²) < 4.78 is 1.71. The van der Waals surface area contributed by atoms with Gasteiger partial charge in [-0.15, -0.1) is 0 Å². The summed E-state index contributed by atoms with van der Waals surface area (Å²) >= 11 is 0. The third-order valence-corrected chi connectivity index (χ3v) is 6.86. The van der Waals surface area contributed by atoms with Crippen LogP contribution in [-0.4, -0.2) is 43.6 Å². The maximum Gasteiger partial charge on any atom is 0.343 e. The Morgan fingerprint density at radius 3 is 2.67 bits per heavy atom. The predicted octanol–water partition coefficient (Wildman–Crippen LogP) is 3.71. The van der Waals surface area contributed by atoms with Gasteiger partial charge in [0.25, 0.3) is 0 Å². The van der Waals surface area contributed by atoms with Gasteiger partial charge >= 0.3 is 5.69 Å². The SMILES string of the molecule is O=C(C1CC1)N1CC[C@@H](Cn2c(-c3ccc(-c4cccc5ccncc45)cc3)n[nH]c2=O)C1. The minimum absolute atomic E-state index is 0.207. The lowest BCUT2D eigenvalue weighted by atomic mass is 9.98. The molecule has 0 spiro atoms. The van der Waals surface area contributed by atoms with Crippen molar-refractivity contribution in [3.05, 3.63) is 71.4 Å². The van der Waals surface area contributed by atoms with Crippen molar-refractivity contribution >= 4 is 16.7 Å². The van der Waals surface area contributed by atoms with Crippen LogP contribution in [0.1, 0.15) is 19.3 Å². The number of rotatable bonds is 5. The molecule has 2 aliphatic rings. The zero-order valence-corrected chi connectivity index (χ0v) is 18.3. The first-order valence-electron chi connectivity index (χ1n) is 11.5. The molecule has 0 bridgehead atoms. The fourth-order valence-electron chi connectivity index (χ4n) is 4.90. The van der Waals surface area contributed by atoms with E-state index in [1.807, 2.05) is 29.3 Å². The zero-order valence-electron chi connectivity index (χ0n) is 18.3. The molecule has 33 heavy (non-hydrogen) atoms. The van der Waals surface area contributed by atoms with Gasteiger partial charge in [0, 0.05) is 48.9 Å². The molecule has 166 valence electrons. The van der Waals surface area contributed by atoms with Crippen LogP contribution in [0.2, 0.25) is 0 Å². The minimum Gasteiger partial charge on any atom is -0.342 e. The van der Waals surface area contributed by atoms with Crippen LogP contribution in [0.4, 0.5) is 0 Å². The Kier molecular flexibility index (Phi) is 4.82. The second-order valence-corrected chi connectivity index (χ2v) is 9.16. The van der Waals surface area contributed by atoms with E-state index in [0.29, 0.717) is 12.4 Å². The first-order valence-corrected chi connectivity index (χ1v) is 11.5. The third-order valence-electron chi connectivity index (χ3n) is 6.86. The molecule has 1 atom stereocenters. The Morgan fingerprint density at radius 1 is 1.03 bits per heavy atom. The van der Waals surface area contributed by atoms with Crippen LogP contribution in [-0.2, 0) is 11.3 Å². The van der Waals surface area contributed by atoms with Crippen LogP contribution < -0.4 is 5.69 Å². The second-order valence-electron chi connectivity index (χ2n) is 9.16. The molecular formula is C26H25N5O2. The van der Waals surface area contributed by atoms with Crippen LogP contribution in [0.3, 0.4) is 0 Å². The molecule has 0 radical (unpaired) electrons. The predicted molar refractivity (Wildman–Crippen MR) is 126 cm³/mol. The number of amides is 1. The maximum atomic E-state index is 12.5. The molecule has 1 saturated heterocycles. The smallest absolute Gasteiger partial charge is 0.342 e. The number of H-pyrrole nitrogens is 1. The van der Waals surface area contributed by atoms with Crippen molar-refractivity contribution in [2.75, 3.05) is 13.1 Å². The largest absolute Gasteiger partial charge is 0.343 e. The van der Waals surface area contributed by atoms with Crippen LogP contribution in [0.15, 0.2) is 65.7 Å². The normalized spacial score (nSPS) is 18.2. The number of aromatic amines is 1. The Balaban J connectivity index is 1.24. The maximum absolute atomic E-state index is 12.5. The van der Waals surface area contributed by atoms with Gasteiger partial charge in [0.15, 0.2) is 5.82 Å². The molecule has 1 amide bonds. The lowest BCUT2D eigenvalue weighted by molar-refractivity contribution is -0.131. The average molecular weight is 440 g/mol. The average Bonchev–Trinajstić information content (AvgIpc) is 3.50. The third kappa shape index (κ3) is 3.73. The summed E-state index contributed by atoms with van der Waals surface area (Å²) in [5, 5.41) is 9.18. The fraction of sp³-hybridized carbons (Fsp3) is 0.308. The summed E-state index contributed by atoms with van der Waals surface area (Å²) in [6.45, 7) is 2.08. The number of aromatic nitrogens is 4.